The highest BCUT2D eigenvalue weighted by molar-refractivity contribution is 6.34. The summed E-state index contributed by atoms with van der Waals surface area (Å²) in [6.07, 6.45) is 3.87. The number of fused-ring (bicyclic) bond motifs is 1. The molecule has 5 N–H and O–H groups in total. The first-order chi connectivity index (χ1) is 34.8. The maximum absolute atomic E-state index is 16.2. The summed E-state index contributed by atoms with van der Waals surface area (Å²) < 4.78 is 56.6. The number of carbonyl (C=O) groups excluding carboxylic acids is 2. The van der Waals surface area contributed by atoms with E-state index in [-0.39, 0.29) is 88.7 Å². The molecular formula is C53H54Cl3F2N9O6. The average Bonchev–Trinajstić information content (AvgIpc) is 3.85. The molecule has 1 aliphatic heterocycles. The Morgan fingerprint density at radius 1 is 1.00 bits per heavy atom. The molecule has 382 valence electrons. The van der Waals surface area contributed by atoms with Crippen molar-refractivity contribution in [1.29, 1.82) is 5.26 Å². The van der Waals surface area contributed by atoms with Gasteiger partial charge in [0.15, 0.2) is 0 Å². The molecule has 4 atom stereocenters. The summed E-state index contributed by atoms with van der Waals surface area (Å²) in [6.45, 7) is 11.0. The molecule has 6 aromatic rings. The number of carbonyl (C=O) groups is 2. The molecule has 0 aliphatic carbocycles. The molecule has 3 aromatic heterocycles. The third-order valence-corrected chi connectivity index (χ3v) is 13.3. The molecule has 1 saturated heterocycles. The number of benzene rings is 3. The first-order valence-electron chi connectivity index (χ1n) is 23.1. The fourth-order valence-corrected chi connectivity index (χ4v) is 9.90. The number of nitrogen functional groups attached to an aromatic ring is 1. The van der Waals surface area contributed by atoms with Crippen LogP contribution in [0.15, 0.2) is 67.0 Å². The van der Waals surface area contributed by atoms with Gasteiger partial charge in [-0.15, -0.1) is 0 Å². The fourth-order valence-electron chi connectivity index (χ4n) is 9.28. The number of hydrogen-bond donors (Lipinski definition) is 4. The van der Waals surface area contributed by atoms with Crippen molar-refractivity contribution >= 4 is 69.3 Å². The largest absolute Gasteiger partial charge is 0.496 e. The number of hydrogen-bond acceptors (Lipinski definition) is 12. The van der Waals surface area contributed by atoms with Gasteiger partial charge < -0.3 is 45.2 Å². The molecule has 1 fully saturated rings. The molecule has 7 rings (SSSR count). The highest BCUT2D eigenvalue weighted by atomic mass is 35.5. The van der Waals surface area contributed by atoms with Crippen LogP contribution in [0.1, 0.15) is 77.0 Å². The predicted molar refractivity (Wildman–Crippen MR) is 276 cm³/mol. The molecule has 1 aliphatic rings. The summed E-state index contributed by atoms with van der Waals surface area (Å²) in [5.41, 5.74) is 7.71. The van der Waals surface area contributed by atoms with Crippen molar-refractivity contribution in [2.45, 2.75) is 71.0 Å². The lowest BCUT2D eigenvalue weighted by Gasteiger charge is -2.37. The number of nitrogens with one attached hydrogen (secondary N) is 3. The average molecular weight is 1060 g/mol. The van der Waals surface area contributed by atoms with Crippen molar-refractivity contribution in [3.05, 3.63) is 133 Å². The van der Waals surface area contributed by atoms with E-state index in [9.17, 15) is 14.9 Å². The first kappa shape index (κ1) is 54.2. The summed E-state index contributed by atoms with van der Waals surface area (Å²) in [5.74, 6) is 3.00. The number of halogens is 5. The number of aromatic nitrogens is 4. The Bertz CT molecular complexity index is 3170. The van der Waals surface area contributed by atoms with Crippen molar-refractivity contribution in [2.75, 3.05) is 58.2 Å². The Morgan fingerprint density at radius 2 is 1.77 bits per heavy atom. The number of nitrogens with zero attached hydrogens (tertiary/aromatic N) is 5. The number of anilines is 2. The second-order valence-corrected chi connectivity index (χ2v) is 19.8. The lowest BCUT2D eigenvalue weighted by Crippen LogP contribution is -2.45. The second kappa shape index (κ2) is 23.1. The Hall–Kier alpha value is -6.57. The SMILES string of the molecule is COc1cc(C(=O)NCCOCCOCC#Cc2cn(Cc3ncc(C)c(OC)c3C)c3nc(N)nc(Cl)c23)ccc1NC(=O)[C@@H]1N[C@@H](CC(C)(C)C)[C@](C#N)(c2ccc(Cl)cc2F)[C@H]1c1cccc(Cl)c1F. The molecule has 20 heteroatoms. The Labute approximate surface area is 437 Å². The zero-order valence-electron chi connectivity index (χ0n) is 41.2. The summed E-state index contributed by atoms with van der Waals surface area (Å²) in [4.78, 5) is 40.9. The number of nitrogens with two attached hydrogens (primary N) is 1. The van der Waals surface area contributed by atoms with Gasteiger partial charge in [-0.2, -0.15) is 10.2 Å². The van der Waals surface area contributed by atoms with E-state index in [4.69, 9.17) is 59.5 Å². The maximum atomic E-state index is 16.2. The van der Waals surface area contributed by atoms with E-state index < -0.39 is 52.3 Å². The van der Waals surface area contributed by atoms with Crippen LogP contribution < -0.4 is 31.2 Å². The number of methoxy groups -OCH3 is 2. The van der Waals surface area contributed by atoms with Crippen LogP contribution in [0.4, 0.5) is 20.4 Å². The lowest BCUT2D eigenvalue weighted by atomic mass is 9.62. The molecule has 0 saturated carbocycles. The second-order valence-electron chi connectivity index (χ2n) is 18.6. The monoisotopic (exact) mass is 1060 g/mol. The normalized spacial score (nSPS) is 17.4. The van der Waals surface area contributed by atoms with Gasteiger partial charge in [-0.05, 0) is 67.6 Å². The third kappa shape index (κ3) is 11.8. The molecule has 0 spiro atoms. The van der Waals surface area contributed by atoms with Crippen molar-refractivity contribution < 1.29 is 37.3 Å². The van der Waals surface area contributed by atoms with E-state index in [1.807, 2.05) is 45.4 Å². The number of ether oxygens (including phenoxy) is 4. The van der Waals surface area contributed by atoms with Crippen molar-refractivity contribution in [1.82, 2.24) is 30.2 Å². The summed E-state index contributed by atoms with van der Waals surface area (Å²) in [5, 5.41) is 20.7. The van der Waals surface area contributed by atoms with Gasteiger partial charge in [0, 0.05) is 58.2 Å². The van der Waals surface area contributed by atoms with Gasteiger partial charge in [0.05, 0.1) is 80.0 Å². The Morgan fingerprint density at radius 3 is 2.48 bits per heavy atom. The molecule has 2 amide bonds. The molecule has 0 unspecified atom stereocenters. The van der Waals surface area contributed by atoms with E-state index >= 15 is 8.78 Å². The third-order valence-electron chi connectivity index (χ3n) is 12.5. The van der Waals surface area contributed by atoms with Crippen LogP contribution in [0.5, 0.6) is 11.5 Å². The van der Waals surface area contributed by atoms with E-state index in [1.165, 1.54) is 55.6 Å². The van der Waals surface area contributed by atoms with Crippen LogP contribution in [0, 0.1) is 54.1 Å². The molecular weight excluding hydrogens is 1000 g/mol. The Kier molecular flexibility index (Phi) is 17.2. The molecule has 15 nitrogen and oxygen atoms in total. The summed E-state index contributed by atoms with van der Waals surface area (Å²) in [7, 11) is 3.00. The number of aryl methyl sites for hydroxylation is 1. The zero-order valence-corrected chi connectivity index (χ0v) is 43.5. The molecule has 0 bridgehead atoms. The Balaban J connectivity index is 0.955. The van der Waals surface area contributed by atoms with Crippen LogP contribution >= 0.6 is 34.8 Å². The standard InChI is InChI=1S/C53H54Cl3F2N9O6/c1-29-25-62-39(30(2)46(29)71-7)27-67-26-32(42-47(56)65-51(60)66-48(42)67)10-9-18-72-20-21-73-19-17-61-49(68)31-13-16-38(40(22-31)70-6)63-50(69)45-43(34-11-8-12-36(55)44(34)58)53(28-59,41(64-45)24-52(3,4)5)35-15-14-33(54)23-37(35)57/h8,11-16,22-23,25-26,41,43,45,64H,17-21,24,27H2,1-7H3,(H,61,68)(H,63,69)(H2,60,65,66)/t41-,43-,45+,53-/m0/s1. The van der Waals surface area contributed by atoms with Crippen LogP contribution in [0.2, 0.25) is 15.2 Å². The quantitative estimate of drug-likeness (QED) is 0.0384. The van der Waals surface area contributed by atoms with Gasteiger partial charge >= 0.3 is 0 Å². The van der Waals surface area contributed by atoms with Gasteiger partial charge in [0.2, 0.25) is 11.9 Å². The van der Waals surface area contributed by atoms with Gasteiger partial charge in [-0.25, -0.2) is 13.8 Å². The molecule has 3 aromatic carbocycles. The predicted octanol–water partition coefficient (Wildman–Crippen LogP) is 9.10. The number of pyridine rings is 1. The smallest absolute Gasteiger partial charge is 0.251 e. The number of amides is 2. The van der Waals surface area contributed by atoms with E-state index in [0.717, 1.165) is 28.6 Å². The summed E-state index contributed by atoms with van der Waals surface area (Å²) >= 11 is 19.0. The summed E-state index contributed by atoms with van der Waals surface area (Å²) in [6, 6.07) is 12.9. The molecule has 4 heterocycles. The van der Waals surface area contributed by atoms with Crippen LogP contribution in [0.3, 0.4) is 0 Å². The van der Waals surface area contributed by atoms with Crippen molar-refractivity contribution in [3.63, 3.8) is 0 Å². The van der Waals surface area contributed by atoms with Gasteiger partial charge in [0.1, 0.15) is 46.0 Å². The van der Waals surface area contributed by atoms with Gasteiger partial charge in [-0.3, -0.25) is 14.6 Å². The van der Waals surface area contributed by atoms with Crippen LogP contribution in [-0.2, 0) is 26.2 Å². The van der Waals surface area contributed by atoms with Crippen LogP contribution in [-0.4, -0.2) is 90.6 Å². The maximum Gasteiger partial charge on any atom is 0.251 e. The van der Waals surface area contributed by atoms with E-state index in [1.54, 1.807) is 13.3 Å². The number of rotatable bonds is 17. The lowest BCUT2D eigenvalue weighted by molar-refractivity contribution is -0.118. The van der Waals surface area contributed by atoms with Crippen molar-refractivity contribution in [2.24, 2.45) is 5.41 Å². The van der Waals surface area contributed by atoms with Gasteiger partial charge in [-0.1, -0.05) is 85.6 Å². The minimum Gasteiger partial charge on any atom is -0.496 e. The fraction of sp³-hybridized carbons (Fsp3) is 0.358. The highest BCUT2D eigenvalue weighted by Crippen LogP contribution is 2.53. The molecule has 0 radical (unpaired) electrons. The van der Waals surface area contributed by atoms with Gasteiger partial charge in [0.25, 0.3) is 5.91 Å². The zero-order chi connectivity index (χ0) is 52.8. The molecule has 73 heavy (non-hydrogen) atoms. The topological polar surface area (TPSA) is 201 Å². The van der Waals surface area contributed by atoms with E-state index in [2.05, 4.69) is 48.8 Å². The minimum atomic E-state index is -1.82. The first-order valence-corrected chi connectivity index (χ1v) is 24.2. The highest BCUT2D eigenvalue weighted by Gasteiger charge is 2.61. The van der Waals surface area contributed by atoms with Crippen LogP contribution in [0.25, 0.3) is 11.0 Å². The van der Waals surface area contributed by atoms with E-state index in [0.29, 0.717) is 23.1 Å². The van der Waals surface area contributed by atoms with Crippen molar-refractivity contribution in [3.8, 4) is 29.4 Å². The minimum absolute atomic E-state index is 0.0270. The number of nitriles is 1.